The number of anilines is 1. The minimum absolute atomic E-state index is 0.180. The second kappa shape index (κ2) is 6.90. The molecule has 22 heavy (non-hydrogen) atoms. The Morgan fingerprint density at radius 1 is 1.27 bits per heavy atom. The molecule has 2 atom stereocenters. The van der Waals surface area contributed by atoms with Gasteiger partial charge in [0, 0.05) is 32.9 Å². The predicted molar refractivity (Wildman–Crippen MR) is 88.9 cm³/mol. The maximum atomic E-state index is 9.77. The zero-order valence-electron chi connectivity index (χ0n) is 13.0. The Kier molecular flexibility index (Phi) is 4.71. The van der Waals surface area contributed by atoms with Gasteiger partial charge < -0.3 is 10.0 Å². The first kappa shape index (κ1) is 15.0. The van der Waals surface area contributed by atoms with Crippen molar-refractivity contribution < 1.29 is 5.11 Å². The molecule has 2 aromatic rings. The van der Waals surface area contributed by atoms with Crippen molar-refractivity contribution in [1.82, 2.24) is 9.88 Å². The summed E-state index contributed by atoms with van der Waals surface area (Å²) < 4.78 is 0. The Hall–Kier alpha value is -1.91. The molecular formula is C18H23N3O. The summed E-state index contributed by atoms with van der Waals surface area (Å²) in [7, 11) is 2.11. The van der Waals surface area contributed by atoms with E-state index >= 15 is 0 Å². The summed E-state index contributed by atoms with van der Waals surface area (Å²) in [6.07, 6.45) is 4.39. The lowest BCUT2D eigenvalue weighted by atomic mass is 10.0. The molecule has 0 bridgehead atoms. The van der Waals surface area contributed by atoms with Crippen molar-refractivity contribution >= 4 is 5.69 Å². The predicted octanol–water partition coefficient (Wildman–Crippen LogP) is 2.33. The highest BCUT2D eigenvalue weighted by Crippen LogP contribution is 2.27. The maximum Gasteiger partial charge on any atom is 0.0679 e. The second-order valence-corrected chi connectivity index (χ2v) is 5.95. The quantitative estimate of drug-likeness (QED) is 0.919. The average Bonchev–Trinajstić information content (AvgIpc) is 2.99. The lowest BCUT2D eigenvalue weighted by Gasteiger charge is -2.33. The number of β-amino-alcohol motifs (C(OH)–C–C–N with tert-alkyl or cyclic N) is 1. The van der Waals surface area contributed by atoms with Gasteiger partial charge in [0.15, 0.2) is 0 Å². The highest BCUT2D eigenvalue weighted by Gasteiger charge is 2.26. The molecule has 0 radical (unpaired) electrons. The van der Waals surface area contributed by atoms with E-state index in [1.807, 2.05) is 18.3 Å². The first-order chi connectivity index (χ1) is 10.7. The molecule has 3 rings (SSSR count). The number of nitrogens with zero attached hydrogens (tertiary/aromatic N) is 3. The van der Waals surface area contributed by atoms with Gasteiger partial charge in [-0.3, -0.25) is 9.88 Å². The maximum absolute atomic E-state index is 9.77. The number of likely N-dealkylation sites (N-methyl/N-ethyl adjacent to an activating group) is 1. The number of hydrogen-bond donors (Lipinski definition) is 1. The van der Waals surface area contributed by atoms with Crippen molar-refractivity contribution in [3.8, 4) is 0 Å². The molecule has 0 aliphatic carbocycles. The van der Waals surface area contributed by atoms with Crippen LogP contribution in [0.25, 0.3) is 0 Å². The third kappa shape index (κ3) is 3.46. The van der Waals surface area contributed by atoms with E-state index in [4.69, 9.17) is 0 Å². The number of aliphatic hydroxyl groups excluding tert-OH is 1. The van der Waals surface area contributed by atoms with Crippen molar-refractivity contribution in [3.05, 3.63) is 60.4 Å². The number of aromatic nitrogens is 1. The van der Waals surface area contributed by atoms with Crippen molar-refractivity contribution in [2.24, 2.45) is 0 Å². The summed E-state index contributed by atoms with van der Waals surface area (Å²) >= 11 is 0. The Morgan fingerprint density at radius 2 is 2.09 bits per heavy atom. The van der Waals surface area contributed by atoms with E-state index in [1.165, 1.54) is 5.56 Å². The lowest BCUT2D eigenvalue weighted by Crippen LogP contribution is -2.36. The highest BCUT2D eigenvalue weighted by molar-refractivity contribution is 5.46. The zero-order chi connectivity index (χ0) is 15.4. The summed E-state index contributed by atoms with van der Waals surface area (Å²) in [4.78, 5) is 8.84. The molecule has 1 aliphatic heterocycles. The zero-order valence-corrected chi connectivity index (χ0v) is 13.0. The molecule has 0 spiro atoms. The first-order valence-electron chi connectivity index (χ1n) is 7.82. The van der Waals surface area contributed by atoms with E-state index < -0.39 is 0 Å². The van der Waals surface area contributed by atoms with Crippen molar-refractivity contribution in [1.29, 1.82) is 0 Å². The molecule has 1 saturated heterocycles. The number of pyridine rings is 1. The molecule has 116 valence electrons. The standard InChI is InChI=1S/C18H23N3O/c1-20(16-8-5-10-19-12-16)18(15-6-3-2-4-7-15)14-21-11-9-17(22)13-21/h2-8,10,12,17-18,22H,9,11,13-14H2,1H3. The summed E-state index contributed by atoms with van der Waals surface area (Å²) in [6.45, 7) is 2.64. The van der Waals surface area contributed by atoms with Gasteiger partial charge in [0.2, 0.25) is 0 Å². The van der Waals surface area contributed by atoms with E-state index in [0.717, 1.165) is 31.7 Å². The third-order valence-electron chi connectivity index (χ3n) is 4.38. The minimum atomic E-state index is -0.180. The van der Waals surface area contributed by atoms with E-state index in [9.17, 15) is 5.11 Å². The Morgan fingerprint density at radius 3 is 2.73 bits per heavy atom. The van der Waals surface area contributed by atoms with Gasteiger partial charge in [0.05, 0.1) is 24.0 Å². The van der Waals surface area contributed by atoms with Crippen molar-refractivity contribution in [2.75, 3.05) is 31.6 Å². The van der Waals surface area contributed by atoms with E-state index in [2.05, 4.69) is 52.2 Å². The van der Waals surface area contributed by atoms with Crippen LogP contribution in [0.5, 0.6) is 0 Å². The van der Waals surface area contributed by atoms with Crippen LogP contribution in [0.15, 0.2) is 54.9 Å². The van der Waals surface area contributed by atoms with E-state index in [1.54, 1.807) is 6.20 Å². The van der Waals surface area contributed by atoms with Crippen LogP contribution in [0.1, 0.15) is 18.0 Å². The van der Waals surface area contributed by atoms with Crippen LogP contribution in [-0.4, -0.2) is 47.8 Å². The summed E-state index contributed by atoms with van der Waals surface area (Å²) in [6, 6.07) is 14.8. The minimum Gasteiger partial charge on any atom is -0.392 e. The Bertz CT molecular complexity index is 575. The fraction of sp³-hybridized carbons (Fsp3) is 0.389. The highest BCUT2D eigenvalue weighted by atomic mass is 16.3. The number of rotatable bonds is 5. The molecule has 0 saturated carbocycles. The Balaban J connectivity index is 1.83. The molecule has 2 heterocycles. The van der Waals surface area contributed by atoms with E-state index in [-0.39, 0.29) is 12.1 Å². The average molecular weight is 297 g/mol. The topological polar surface area (TPSA) is 39.6 Å². The molecule has 1 aromatic heterocycles. The van der Waals surface area contributed by atoms with Crippen LogP contribution < -0.4 is 4.90 Å². The van der Waals surface area contributed by atoms with Crippen LogP contribution in [0, 0.1) is 0 Å². The smallest absolute Gasteiger partial charge is 0.0679 e. The van der Waals surface area contributed by atoms with Gasteiger partial charge >= 0.3 is 0 Å². The molecule has 4 nitrogen and oxygen atoms in total. The van der Waals surface area contributed by atoms with Gasteiger partial charge in [-0.25, -0.2) is 0 Å². The van der Waals surface area contributed by atoms with Crippen LogP contribution in [-0.2, 0) is 0 Å². The van der Waals surface area contributed by atoms with Gasteiger partial charge in [0.1, 0.15) is 0 Å². The molecule has 2 unspecified atom stereocenters. The third-order valence-corrected chi connectivity index (χ3v) is 4.38. The number of likely N-dealkylation sites (tertiary alicyclic amines) is 1. The second-order valence-electron chi connectivity index (χ2n) is 5.95. The normalized spacial score (nSPS) is 20.0. The molecular weight excluding hydrogens is 274 g/mol. The van der Waals surface area contributed by atoms with Crippen LogP contribution in [0.4, 0.5) is 5.69 Å². The molecule has 1 aromatic carbocycles. The number of benzene rings is 1. The van der Waals surface area contributed by atoms with Crippen molar-refractivity contribution in [2.45, 2.75) is 18.6 Å². The summed E-state index contributed by atoms with van der Waals surface area (Å²) in [5.41, 5.74) is 2.39. The van der Waals surface area contributed by atoms with Crippen LogP contribution >= 0.6 is 0 Å². The number of hydrogen-bond acceptors (Lipinski definition) is 4. The monoisotopic (exact) mass is 297 g/mol. The van der Waals surface area contributed by atoms with Crippen LogP contribution in [0.3, 0.4) is 0 Å². The molecule has 0 amide bonds. The fourth-order valence-electron chi connectivity index (χ4n) is 3.09. The molecule has 1 aliphatic rings. The van der Waals surface area contributed by atoms with Crippen LogP contribution in [0.2, 0.25) is 0 Å². The van der Waals surface area contributed by atoms with Crippen molar-refractivity contribution in [3.63, 3.8) is 0 Å². The lowest BCUT2D eigenvalue weighted by molar-refractivity contribution is 0.174. The Labute approximate surface area is 132 Å². The van der Waals surface area contributed by atoms with Gasteiger partial charge in [-0.1, -0.05) is 30.3 Å². The van der Waals surface area contributed by atoms with E-state index in [0.29, 0.717) is 0 Å². The van der Waals surface area contributed by atoms with Gasteiger partial charge in [-0.15, -0.1) is 0 Å². The van der Waals surface area contributed by atoms with Gasteiger partial charge in [-0.05, 0) is 24.1 Å². The first-order valence-corrected chi connectivity index (χ1v) is 7.82. The largest absolute Gasteiger partial charge is 0.392 e. The van der Waals surface area contributed by atoms with Gasteiger partial charge in [0.25, 0.3) is 0 Å². The molecule has 1 N–H and O–H groups in total. The summed E-state index contributed by atoms with van der Waals surface area (Å²) in [5.74, 6) is 0. The fourth-order valence-corrected chi connectivity index (χ4v) is 3.09. The molecule has 4 heteroatoms. The molecule has 1 fully saturated rings. The summed E-state index contributed by atoms with van der Waals surface area (Å²) in [5, 5.41) is 9.77. The SMILES string of the molecule is CN(c1cccnc1)C(CN1CCC(O)C1)c1ccccc1. The number of aliphatic hydroxyl groups is 1. The van der Waals surface area contributed by atoms with Gasteiger partial charge in [-0.2, -0.15) is 0 Å².